The first-order chi connectivity index (χ1) is 8.72. The minimum atomic E-state index is -0.142. The number of carbonyl (C=O) groups excluding carboxylic acids is 1. The maximum atomic E-state index is 11.3. The number of nitrogens with one attached hydrogen (secondary N) is 1. The molecule has 0 saturated carbocycles. The molecule has 0 bridgehead atoms. The van der Waals surface area contributed by atoms with E-state index in [4.69, 9.17) is 4.74 Å². The van der Waals surface area contributed by atoms with Gasteiger partial charge >= 0.3 is 5.97 Å². The van der Waals surface area contributed by atoms with Crippen molar-refractivity contribution in [3.05, 3.63) is 29.3 Å². The summed E-state index contributed by atoms with van der Waals surface area (Å²) in [6, 6.07) is 6.35. The minimum Gasteiger partial charge on any atom is -0.466 e. The Labute approximate surface area is 110 Å². The zero-order valence-corrected chi connectivity index (χ0v) is 11.6. The molecular formula is C15H23NO2. The smallest absolute Gasteiger partial charge is 0.307 e. The Morgan fingerprint density at radius 1 is 1.17 bits per heavy atom. The fraction of sp³-hybridized carbons (Fsp3) is 0.533. The molecule has 0 atom stereocenters. The van der Waals surface area contributed by atoms with E-state index in [2.05, 4.69) is 37.4 Å². The lowest BCUT2D eigenvalue weighted by Crippen LogP contribution is -2.13. The van der Waals surface area contributed by atoms with Gasteiger partial charge in [-0.15, -0.1) is 0 Å². The molecule has 0 radical (unpaired) electrons. The first-order valence-electron chi connectivity index (χ1n) is 6.73. The van der Waals surface area contributed by atoms with E-state index >= 15 is 0 Å². The Morgan fingerprint density at radius 2 is 1.78 bits per heavy atom. The lowest BCUT2D eigenvalue weighted by molar-refractivity contribution is -0.142. The molecule has 0 saturated heterocycles. The molecule has 1 N–H and O–H groups in total. The van der Waals surface area contributed by atoms with Crippen LogP contribution >= 0.6 is 0 Å². The topological polar surface area (TPSA) is 38.3 Å². The second-order valence-electron chi connectivity index (χ2n) is 4.14. The first kappa shape index (κ1) is 14.6. The number of anilines is 1. The fourth-order valence-corrected chi connectivity index (χ4v) is 1.99. The molecule has 0 aromatic heterocycles. The van der Waals surface area contributed by atoms with Crippen LogP contribution in [0.4, 0.5) is 5.69 Å². The van der Waals surface area contributed by atoms with E-state index in [0.29, 0.717) is 19.6 Å². The van der Waals surface area contributed by atoms with E-state index < -0.39 is 0 Å². The average Bonchev–Trinajstić information content (AvgIpc) is 2.39. The Bertz CT molecular complexity index is 366. The summed E-state index contributed by atoms with van der Waals surface area (Å²) >= 11 is 0. The highest BCUT2D eigenvalue weighted by Gasteiger charge is 2.07. The number of para-hydroxylation sites is 1. The number of aryl methyl sites for hydroxylation is 2. The summed E-state index contributed by atoms with van der Waals surface area (Å²) in [5.74, 6) is -0.142. The standard InChI is InChI=1S/C15H23NO2/c1-4-12-8-7-9-13(5-2)15(12)16-11-10-14(17)18-6-3/h7-9,16H,4-6,10-11H2,1-3H3. The van der Waals surface area contributed by atoms with Crippen LogP contribution in [0.1, 0.15) is 38.3 Å². The molecule has 0 fully saturated rings. The van der Waals surface area contributed by atoms with Gasteiger partial charge in [-0.1, -0.05) is 32.0 Å². The number of rotatable bonds is 7. The van der Waals surface area contributed by atoms with Crippen LogP contribution in [-0.4, -0.2) is 19.1 Å². The molecule has 0 aliphatic heterocycles. The zero-order chi connectivity index (χ0) is 13.4. The molecule has 18 heavy (non-hydrogen) atoms. The molecule has 0 amide bonds. The number of benzene rings is 1. The molecule has 0 aliphatic carbocycles. The number of ether oxygens (including phenoxy) is 1. The van der Waals surface area contributed by atoms with Gasteiger partial charge < -0.3 is 10.1 Å². The largest absolute Gasteiger partial charge is 0.466 e. The van der Waals surface area contributed by atoms with Gasteiger partial charge in [-0.25, -0.2) is 0 Å². The van der Waals surface area contributed by atoms with Crippen molar-refractivity contribution in [3.8, 4) is 0 Å². The number of esters is 1. The summed E-state index contributed by atoms with van der Waals surface area (Å²) in [5, 5.41) is 3.37. The monoisotopic (exact) mass is 249 g/mol. The molecule has 100 valence electrons. The summed E-state index contributed by atoms with van der Waals surface area (Å²) in [7, 11) is 0. The highest BCUT2D eigenvalue weighted by molar-refractivity contribution is 5.70. The van der Waals surface area contributed by atoms with Gasteiger partial charge in [0.2, 0.25) is 0 Å². The molecule has 0 heterocycles. The molecule has 1 aromatic carbocycles. The van der Waals surface area contributed by atoms with E-state index in [0.717, 1.165) is 12.8 Å². The van der Waals surface area contributed by atoms with Gasteiger partial charge in [0.05, 0.1) is 13.0 Å². The third-order valence-corrected chi connectivity index (χ3v) is 2.94. The van der Waals surface area contributed by atoms with Crippen LogP contribution in [0.3, 0.4) is 0 Å². The van der Waals surface area contributed by atoms with Crippen molar-refractivity contribution >= 4 is 11.7 Å². The van der Waals surface area contributed by atoms with Crippen LogP contribution in [0.25, 0.3) is 0 Å². The van der Waals surface area contributed by atoms with Crippen molar-refractivity contribution in [3.63, 3.8) is 0 Å². The van der Waals surface area contributed by atoms with Crippen LogP contribution in [0.5, 0.6) is 0 Å². The van der Waals surface area contributed by atoms with Crippen LogP contribution < -0.4 is 5.32 Å². The van der Waals surface area contributed by atoms with Crippen molar-refractivity contribution in [1.82, 2.24) is 0 Å². The van der Waals surface area contributed by atoms with Crippen LogP contribution in [-0.2, 0) is 22.4 Å². The van der Waals surface area contributed by atoms with E-state index in [1.54, 1.807) is 0 Å². The van der Waals surface area contributed by atoms with Gasteiger partial charge in [0.1, 0.15) is 0 Å². The molecule has 0 unspecified atom stereocenters. The molecule has 1 aromatic rings. The Balaban J connectivity index is 2.62. The highest BCUT2D eigenvalue weighted by atomic mass is 16.5. The van der Waals surface area contributed by atoms with Crippen LogP contribution in [0.15, 0.2) is 18.2 Å². The summed E-state index contributed by atoms with van der Waals surface area (Å²) in [6.45, 7) is 7.19. The molecule has 1 rings (SSSR count). The van der Waals surface area contributed by atoms with Crippen molar-refractivity contribution in [2.75, 3.05) is 18.5 Å². The summed E-state index contributed by atoms with van der Waals surface area (Å²) < 4.78 is 4.91. The highest BCUT2D eigenvalue weighted by Crippen LogP contribution is 2.22. The van der Waals surface area contributed by atoms with E-state index in [1.807, 2.05) is 6.92 Å². The predicted octanol–water partition coefficient (Wildman–Crippen LogP) is 3.18. The fourth-order valence-electron chi connectivity index (χ4n) is 1.99. The maximum Gasteiger partial charge on any atom is 0.307 e. The SMILES string of the molecule is CCOC(=O)CCNc1c(CC)cccc1CC. The minimum absolute atomic E-state index is 0.142. The van der Waals surface area contributed by atoms with Gasteiger partial charge in [-0.3, -0.25) is 4.79 Å². The van der Waals surface area contributed by atoms with Gasteiger partial charge in [0.15, 0.2) is 0 Å². The average molecular weight is 249 g/mol. The van der Waals surface area contributed by atoms with E-state index in [9.17, 15) is 4.79 Å². The third kappa shape index (κ3) is 4.06. The Hall–Kier alpha value is -1.51. The van der Waals surface area contributed by atoms with Crippen LogP contribution in [0, 0.1) is 0 Å². The lowest BCUT2D eigenvalue weighted by Gasteiger charge is -2.15. The molecule has 3 heteroatoms. The van der Waals surface area contributed by atoms with Crippen molar-refractivity contribution in [2.45, 2.75) is 40.0 Å². The summed E-state index contributed by atoms with van der Waals surface area (Å²) in [5.41, 5.74) is 3.79. The molecule has 3 nitrogen and oxygen atoms in total. The molecular weight excluding hydrogens is 226 g/mol. The first-order valence-corrected chi connectivity index (χ1v) is 6.73. The van der Waals surface area contributed by atoms with Crippen molar-refractivity contribution in [2.24, 2.45) is 0 Å². The van der Waals surface area contributed by atoms with E-state index in [-0.39, 0.29) is 5.97 Å². The van der Waals surface area contributed by atoms with Crippen molar-refractivity contribution < 1.29 is 9.53 Å². The van der Waals surface area contributed by atoms with Gasteiger partial charge in [0, 0.05) is 12.2 Å². The summed E-state index contributed by atoms with van der Waals surface area (Å²) in [6.07, 6.45) is 2.40. The predicted molar refractivity (Wildman–Crippen MR) is 74.9 cm³/mol. The van der Waals surface area contributed by atoms with Gasteiger partial charge in [-0.05, 0) is 30.9 Å². The molecule has 0 aliphatic rings. The lowest BCUT2D eigenvalue weighted by atomic mass is 10.0. The molecule has 0 spiro atoms. The van der Waals surface area contributed by atoms with Gasteiger partial charge in [0.25, 0.3) is 0 Å². The quantitative estimate of drug-likeness (QED) is 0.754. The van der Waals surface area contributed by atoms with Crippen LogP contribution in [0.2, 0.25) is 0 Å². The Kier molecular flexibility index (Phi) is 6.26. The second-order valence-corrected chi connectivity index (χ2v) is 4.14. The second kappa shape index (κ2) is 7.75. The third-order valence-electron chi connectivity index (χ3n) is 2.94. The van der Waals surface area contributed by atoms with E-state index in [1.165, 1.54) is 16.8 Å². The number of hydrogen-bond donors (Lipinski definition) is 1. The van der Waals surface area contributed by atoms with Gasteiger partial charge in [-0.2, -0.15) is 0 Å². The number of carbonyl (C=O) groups is 1. The Morgan fingerprint density at radius 3 is 2.28 bits per heavy atom. The zero-order valence-electron chi connectivity index (χ0n) is 11.6. The normalized spacial score (nSPS) is 10.2. The summed E-state index contributed by atoms with van der Waals surface area (Å²) in [4.78, 5) is 11.3. The number of hydrogen-bond acceptors (Lipinski definition) is 3. The maximum absolute atomic E-state index is 11.3. The van der Waals surface area contributed by atoms with Crippen molar-refractivity contribution in [1.29, 1.82) is 0 Å².